The molecule has 114 valence electrons. The van der Waals surface area contributed by atoms with E-state index in [1.54, 1.807) is 24.3 Å². The van der Waals surface area contributed by atoms with Crippen molar-refractivity contribution in [2.24, 2.45) is 0 Å². The van der Waals surface area contributed by atoms with Crippen molar-refractivity contribution in [3.63, 3.8) is 0 Å². The van der Waals surface area contributed by atoms with Crippen LogP contribution >= 0.6 is 0 Å². The van der Waals surface area contributed by atoms with Gasteiger partial charge in [-0.1, -0.05) is 48.5 Å². The van der Waals surface area contributed by atoms with Crippen molar-refractivity contribution in [1.82, 2.24) is 0 Å². The minimum atomic E-state index is -0.356. The largest absolute Gasteiger partial charge is 0.423 e. The van der Waals surface area contributed by atoms with E-state index in [9.17, 15) is 4.79 Å². The molecular formula is C20H17NO2. The van der Waals surface area contributed by atoms with Crippen molar-refractivity contribution < 1.29 is 9.53 Å². The van der Waals surface area contributed by atoms with Gasteiger partial charge < -0.3 is 10.1 Å². The van der Waals surface area contributed by atoms with E-state index in [0.29, 0.717) is 11.3 Å². The average Bonchev–Trinajstić information content (AvgIpc) is 2.62. The van der Waals surface area contributed by atoms with Crippen molar-refractivity contribution >= 4 is 11.7 Å². The highest BCUT2D eigenvalue weighted by molar-refractivity contribution is 5.91. The summed E-state index contributed by atoms with van der Waals surface area (Å²) >= 11 is 0. The van der Waals surface area contributed by atoms with Crippen LogP contribution in [0.3, 0.4) is 0 Å². The molecule has 0 saturated carbocycles. The van der Waals surface area contributed by atoms with Gasteiger partial charge in [-0.25, -0.2) is 4.79 Å². The van der Waals surface area contributed by atoms with Crippen LogP contribution in [0.4, 0.5) is 5.69 Å². The fourth-order valence-corrected chi connectivity index (χ4v) is 2.18. The van der Waals surface area contributed by atoms with Crippen LogP contribution in [0.15, 0.2) is 84.9 Å². The Hall–Kier alpha value is -3.07. The Morgan fingerprint density at radius 1 is 0.783 bits per heavy atom. The summed E-state index contributed by atoms with van der Waals surface area (Å²) < 4.78 is 5.31. The highest BCUT2D eigenvalue weighted by Crippen LogP contribution is 2.15. The molecule has 0 aliphatic carbocycles. The van der Waals surface area contributed by atoms with E-state index in [4.69, 9.17) is 4.74 Å². The first-order valence-corrected chi connectivity index (χ1v) is 7.46. The number of rotatable bonds is 5. The lowest BCUT2D eigenvalue weighted by Crippen LogP contribution is -2.08. The molecule has 1 N–H and O–H groups in total. The first-order chi connectivity index (χ1) is 11.3. The van der Waals surface area contributed by atoms with Gasteiger partial charge in [0.25, 0.3) is 0 Å². The van der Waals surface area contributed by atoms with Crippen LogP contribution in [0, 0.1) is 0 Å². The monoisotopic (exact) mass is 303 g/mol. The van der Waals surface area contributed by atoms with Gasteiger partial charge >= 0.3 is 5.97 Å². The first kappa shape index (κ1) is 14.9. The maximum absolute atomic E-state index is 12.1. The normalized spacial score (nSPS) is 10.1. The van der Waals surface area contributed by atoms with E-state index in [2.05, 4.69) is 17.4 Å². The van der Waals surface area contributed by atoms with Crippen LogP contribution in [0.1, 0.15) is 15.9 Å². The second-order valence-electron chi connectivity index (χ2n) is 5.12. The number of benzene rings is 3. The Kier molecular flexibility index (Phi) is 4.69. The van der Waals surface area contributed by atoms with Crippen LogP contribution < -0.4 is 10.1 Å². The Morgan fingerprint density at radius 2 is 1.39 bits per heavy atom. The molecule has 0 heterocycles. The molecule has 0 aliphatic rings. The second kappa shape index (κ2) is 7.27. The fraction of sp³-hybridized carbons (Fsp3) is 0.0500. The van der Waals surface area contributed by atoms with Crippen molar-refractivity contribution in [3.05, 3.63) is 96.1 Å². The SMILES string of the molecule is O=C(Oc1ccccc1)c1ccc(NCc2ccccc2)cc1. The molecule has 0 bridgehead atoms. The molecule has 0 atom stereocenters. The van der Waals surface area contributed by atoms with Gasteiger partial charge in [-0.05, 0) is 42.0 Å². The third-order valence-corrected chi connectivity index (χ3v) is 3.41. The Bertz CT molecular complexity index is 753. The van der Waals surface area contributed by atoms with Crippen molar-refractivity contribution in [1.29, 1.82) is 0 Å². The molecule has 0 saturated heterocycles. The van der Waals surface area contributed by atoms with Crippen molar-refractivity contribution in [2.45, 2.75) is 6.54 Å². The molecule has 3 nitrogen and oxygen atoms in total. The quantitative estimate of drug-likeness (QED) is 0.556. The molecule has 0 fully saturated rings. The van der Waals surface area contributed by atoms with Crippen molar-refractivity contribution in [3.8, 4) is 5.75 Å². The van der Waals surface area contributed by atoms with Gasteiger partial charge in [-0.2, -0.15) is 0 Å². The summed E-state index contributed by atoms with van der Waals surface area (Å²) in [5.74, 6) is 0.189. The minimum absolute atomic E-state index is 0.356. The lowest BCUT2D eigenvalue weighted by atomic mass is 10.2. The first-order valence-electron chi connectivity index (χ1n) is 7.46. The summed E-state index contributed by atoms with van der Waals surface area (Å²) in [5.41, 5.74) is 2.70. The molecule has 0 unspecified atom stereocenters. The van der Waals surface area contributed by atoms with Gasteiger partial charge in [0.2, 0.25) is 0 Å². The molecule has 0 aromatic heterocycles. The Labute approximate surface area is 135 Å². The molecule has 0 aliphatic heterocycles. The number of anilines is 1. The highest BCUT2D eigenvalue weighted by atomic mass is 16.5. The van der Waals surface area contributed by atoms with E-state index >= 15 is 0 Å². The van der Waals surface area contributed by atoms with Gasteiger partial charge in [0.1, 0.15) is 5.75 Å². The van der Waals surface area contributed by atoms with Crippen LogP contribution in [0.25, 0.3) is 0 Å². The number of hydrogen-bond donors (Lipinski definition) is 1. The topological polar surface area (TPSA) is 38.3 Å². The van der Waals surface area contributed by atoms with E-state index in [1.807, 2.05) is 48.5 Å². The lowest BCUT2D eigenvalue weighted by molar-refractivity contribution is 0.0735. The molecule has 0 amide bonds. The van der Waals surface area contributed by atoms with E-state index < -0.39 is 0 Å². The van der Waals surface area contributed by atoms with Gasteiger partial charge in [0.15, 0.2) is 0 Å². The second-order valence-corrected chi connectivity index (χ2v) is 5.12. The number of ether oxygens (including phenoxy) is 1. The molecule has 23 heavy (non-hydrogen) atoms. The number of para-hydroxylation sites is 1. The van der Waals surface area contributed by atoms with Gasteiger partial charge in [0.05, 0.1) is 5.56 Å². The molecule has 0 spiro atoms. The number of esters is 1. The number of carbonyl (C=O) groups is 1. The lowest BCUT2D eigenvalue weighted by Gasteiger charge is -2.08. The number of hydrogen-bond acceptors (Lipinski definition) is 3. The Morgan fingerprint density at radius 3 is 2.04 bits per heavy atom. The van der Waals surface area contributed by atoms with E-state index in [-0.39, 0.29) is 5.97 Å². The number of carbonyl (C=O) groups excluding carboxylic acids is 1. The maximum atomic E-state index is 12.1. The molecular weight excluding hydrogens is 286 g/mol. The third-order valence-electron chi connectivity index (χ3n) is 3.41. The summed E-state index contributed by atoms with van der Waals surface area (Å²) in [5, 5.41) is 3.32. The average molecular weight is 303 g/mol. The number of nitrogens with one attached hydrogen (secondary N) is 1. The summed E-state index contributed by atoms with van der Waals surface area (Å²) in [6.07, 6.45) is 0. The fourth-order valence-electron chi connectivity index (χ4n) is 2.18. The van der Waals surface area contributed by atoms with Crippen LogP contribution in [-0.2, 0) is 6.54 Å². The van der Waals surface area contributed by atoms with Gasteiger partial charge in [-0.15, -0.1) is 0 Å². The molecule has 3 rings (SSSR count). The van der Waals surface area contributed by atoms with Crippen molar-refractivity contribution in [2.75, 3.05) is 5.32 Å². The summed E-state index contributed by atoms with van der Waals surface area (Å²) in [6.45, 7) is 0.745. The van der Waals surface area contributed by atoms with Crippen LogP contribution in [0.5, 0.6) is 5.75 Å². The molecule has 3 aromatic carbocycles. The molecule has 3 heteroatoms. The standard InChI is InChI=1S/C20H17NO2/c22-20(23-19-9-5-2-6-10-19)17-11-13-18(14-12-17)21-15-16-7-3-1-4-8-16/h1-14,21H,15H2. The summed E-state index contributed by atoms with van der Waals surface area (Å²) in [6, 6.07) is 26.5. The van der Waals surface area contributed by atoms with Gasteiger partial charge in [0, 0.05) is 12.2 Å². The smallest absolute Gasteiger partial charge is 0.343 e. The summed E-state index contributed by atoms with van der Waals surface area (Å²) in [4.78, 5) is 12.1. The zero-order valence-electron chi connectivity index (χ0n) is 12.6. The van der Waals surface area contributed by atoms with E-state index in [1.165, 1.54) is 5.56 Å². The van der Waals surface area contributed by atoms with E-state index in [0.717, 1.165) is 12.2 Å². The zero-order chi connectivity index (χ0) is 15.9. The highest BCUT2D eigenvalue weighted by Gasteiger charge is 2.08. The van der Waals surface area contributed by atoms with Crippen LogP contribution in [0.2, 0.25) is 0 Å². The Balaban J connectivity index is 1.59. The minimum Gasteiger partial charge on any atom is -0.423 e. The predicted octanol–water partition coefficient (Wildman–Crippen LogP) is 4.52. The summed E-state index contributed by atoms with van der Waals surface area (Å²) in [7, 11) is 0. The predicted molar refractivity (Wildman–Crippen MR) is 91.6 cm³/mol. The zero-order valence-corrected chi connectivity index (χ0v) is 12.6. The maximum Gasteiger partial charge on any atom is 0.343 e. The van der Waals surface area contributed by atoms with Crippen LogP contribution in [-0.4, -0.2) is 5.97 Å². The van der Waals surface area contributed by atoms with Gasteiger partial charge in [-0.3, -0.25) is 0 Å². The molecule has 3 aromatic rings. The molecule has 0 radical (unpaired) electrons. The third kappa shape index (κ3) is 4.20.